The van der Waals surface area contributed by atoms with Crippen LogP contribution in [0.1, 0.15) is 11.6 Å². The smallest absolute Gasteiger partial charge is 0.329 e. The number of hydrogen-bond acceptors (Lipinski definition) is 4. The van der Waals surface area contributed by atoms with Crippen molar-refractivity contribution < 1.29 is 18.4 Å². The lowest BCUT2D eigenvalue weighted by Crippen LogP contribution is -2.30. The maximum Gasteiger partial charge on any atom is 0.329 e. The number of carbonyl (C=O) groups excluding carboxylic acids is 2. The third-order valence-electron chi connectivity index (χ3n) is 4.89. The summed E-state index contributed by atoms with van der Waals surface area (Å²) >= 11 is 7.14. The standard InChI is InChI=1S/C20H11ClF2N4O2S/c21-16-5-10(7-30-16)9-3-12(22)17(13(23)4-9)18-19(28)26-20(29)27(18)11-1-2-14-15(6-11)25-8-24-14/h1-8,18H,(H,24,25)(H,26,28,29). The van der Waals surface area contributed by atoms with Crippen molar-refractivity contribution in [1.29, 1.82) is 0 Å². The van der Waals surface area contributed by atoms with Crippen LogP contribution in [0.3, 0.4) is 0 Å². The molecule has 3 heterocycles. The van der Waals surface area contributed by atoms with Crippen LogP contribution in [-0.2, 0) is 4.79 Å². The highest BCUT2D eigenvalue weighted by atomic mass is 35.5. The van der Waals surface area contributed by atoms with Crippen molar-refractivity contribution in [1.82, 2.24) is 15.3 Å². The molecule has 0 radical (unpaired) electrons. The molecule has 2 aromatic carbocycles. The summed E-state index contributed by atoms with van der Waals surface area (Å²) < 4.78 is 30.6. The van der Waals surface area contributed by atoms with Gasteiger partial charge in [-0.3, -0.25) is 15.0 Å². The summed E-state index contributed by atoms with van der Waals surface area (Å²) in [5.74, 6) is -2.68. The number of urea groups is 1. The van der Waals surface area contributed by atoms with Gasteiger partial charge in [-0.15, -0.1) is 11.3 Å². The molecule has 0 saturated carbocycles. The molecule has 0 spiro atoms. The molecule has 1 atom stereocenters. The number of aromatic nitrogens is 2. The Morgan fingerprint density at radius 1 is 1.07 bits per heavy atom. The molecule has 0 bridgehead atoms. The number of imide groups is 1. The summed E-state index contributed by atoms with van der Waals surface area (Å²) in [6, 6.07) is 6.39. The molecule has 1 saturated heterocycles. The number of fused-ring (bicyclic) bond motifs is 1. The van der Waals surface area contributed by atoms with Crippen LogP contribution in [-0.4, -0.2) is 21.9 Å². The molecular formula is C20H11ClF2N4O2S. The minimum Gasteiger partial charge on any atom is -0.345 e. The molecule has 3 amide bonds. The third kappa shape index (κ3) is 2.94. The average molecular weight is 445 g/mol. The minimum absolute atomic E-state index is 0.284. The predicted molar refractivity (Wildman–Crippen MR) is 110 cm³/mol. The van der Waals surface area contributed by atoms with Gasteiger partial charge in [0.15, 0.2) is 0 Å². The maximum atomic E-state index is 15.0. The Balaban J connectivity index is 1.62. The van der Waals surface area contributed by atoms with Gasteiger partial charge in [0.05, 0.1) is 27.3 Å². The zero-order valence-corrected chi connectivity index (χ0v) is 16.5. The zero-order valence-electron chi connectivity index (χ0n) is 14.9. The summed E-state index contributed by atoms with van der Waals surface area (Å²) in [7, 11) is 0. The molecule has 2 N–H and O–H groups in total. The van der Waals surface area contributed by atoms with E-state index in [1.807, 2.05) is 0 Å². The number of anilines is 1. The van der Waals surface area contributed by atoms with Gasteiger partial charge in [-0.1, -0.05) is 11.6 Å². The van der Waals surface area contributed by atoms with E-state index >= 15 is 8.78 Å². The van der Waals surface area contributed by atoms with Crippen molar-refractivity contribution in [3.63, 3.8) is 0 Å². The fourth-order valence-electron chi connectivity index (χ4n) is 3.54. The van der Waals surface area contributed by atoms with Crippen molar-refractivity contribution in [3.05, 3.63) is 69.6 Å². The van der Waals surface area contributed by atoms with Crippen molar-refractivity contribution in [2.24, 2.45) is 0 Å². The molecule has 1 fully saturated rings. The van der Waals surface area contributed by atoms with Crippen molar-refractivity contribution in [2.75, 3.05) is 4.90 Å². The first-order valence-corrected chi connectivity index (χ1v) is 9.98. The van der Waals surface area contributed by atoms with Gasteiger partial charge >= 0.3 is 6.03 Å². The lowest BCUT2D eigenvalue weighted by atomic mass is 9.99. The Labute approximate surface area is 177 Å². The number of imidazole rings is 1. The highest BCUT2D eigenvalue weighted by Gasteiger charge is 2.43. The number of H-pyrrole nitrogens is 1. The average Bonchev–Trinajstić information content (AvgIpc) is 3.40. The topological polar surface area (TPSA) is 78.1 Å². The van der Waals surface area contributed by atoms with Crippen LogP contribution >= 0.6 is 22.9 Å². The van der Waals surface area contributed by atoms with Crippen molar-refractivity contribution in [2.45, 2.75) is 6.04 Å². The lowest BCUT2D eigenvalue weighted by Gasteiger charge is -2.23. The Kier molecular flexibility index (Phi) is 4.30. The number of benzene rings is 2. The van der Waals surface area contributed by atoms with Gasteiger partial charge in [-0.2, -0.15) is 0 Å². The molecule has 2 aromatic heterocycles. The van der Waals surface area contributed by atoms with Crippen molar-refractivity contribution >= 4 is 51.6 Å². The van der Waals surface area contributed by atoms with Gasteiger partial charge in [0, 0.05) is 11.1 Å². The number of carbonyl (C=O) groups is 2. The number of amides is 3. The molecule has 1 aliphatic heterocycles. The number of hydrogen-bond donors (Lipinski definition) is 2. The summed E-state index contributed by atoms with van der Waals surface area (Å²) in [4.78, 5) is 33.0. The van der Waals surface area contributed by atoms with E-state index in [9.17, 15) is 9.59 Å². The number of halogens is 3. The fraction of sp³-hybridized carbons (Fsp3) is 0.0500. The number of rotatable bonds is 3. The Morgan fingerprint density at radius 2 is 1.83 bits per heavy atom. The zero-order chi connectivity index (χ0) is 21.0. The molecule has 30 heavy (non-hydrogen) atoms. The number of nitrogens with zero attached hydrogens (tertiary/aromatic N) is 2. The first kappa shape index (κ1) is 18.7. The van der Waals surface area contributed by atoms with Crippen molar-refractivity contribution in [3.8, 4) is 11.1 Å². The van der Waals surface area contributed by atoms with Gasteiger partial charge in [-0.05, 0) is 47.5 Å². The van der Waals surface area contributed by atoms with Gasteiger partial charge in [-0.25, -0.2) is 18.6 Å². The summed E-state index contributed by atoms with van der Waals surface area (Å²) in [5.41, 5.74) is 1.90. The van der Waals surface area contributed by atoms with Crippen LogP contribution in [0.2, 0.25) is 4.34 Å². The van der Waals surface area contributed by atoms with E-state index in [4.69, 9.17) is 11.6 Å². The summed E-state index contributed by atoms with van der Waals surface area (Å²) in [6.45, 7) is 0. The van der Waals surface area contributed by atoms with Crippen LogP contribution in [0, 0.1) is 11.6 Å². The Bertz CT molecular complexity index is 1310. The summed E-state index contributed by atoms with van der Waals surface area (Å²) in [6.07, 6.45) is 1.48. The van der Waals surface area contributed by atoms with E-state index in [0.29, 0.717) is 26.6 Å². The first-order valence-electron chi connectivity index (χ1n) is 8.73. The normalized spacial score (nSPS) is 16.5. The fourth-order valence-corrected chi connectivity index (χ4v) is 4.43. The highest BCUT2D eigenvalue weighted by Crippen LogP contribution is 2.37. The van der Waals surface area contributed by atoms with Gasteiger partial charge in [0.1, 0.15) is 17.7 Å². The van der Waals surface area contributed by atoms with Crippen LogP contribution < -0.4 is 10.2 Å². The van der Waals surface area contributed by atoms with Gasteiger partial charge < -0.3 is 4.98 Å². The highest BCUT2D eigenvalue weighted by molar-refractivity contribution is 7.14. The predicted octanol–water partition coefficient (Wildman–Crippen LogP) is 5.02. The second-order valence-electron chi connectivity index (χ2n) is 6.66. The van der Waals surface area contributed by atoms with E-state index in [2.05, 4.69) is 15.3 Å². The minimum atomic E-state index is -1.49. The van der Waals surface area contributed by atoms with Crippen LogP contribution in [0.5, 0.6) is 0 Å². The third-order valence-corrected chi connectivity index (χ3v) is 5.98. The largest absolute Gasteiger partial charge is 0.345 e. The van der Waals surface area contributed by atoms with E-state index in [1.54, 1.807) is 29.6 Å². The molecule has 4 aromatic rings. The molecule has 150 valence electrons. The monoisotopic (exact) mass is 444 g/mol. The number of thiophene rings is 1. The van der Waals surface area contributed by atoms with Gasteiger partial charge in [0.25, 0.3) is 5.91 Å². The quantitative estimate of drug-likeness (QED) is 0.435. The van der Waals surface area contributed by atoms with E-state index in [-0.39, 0.29) is 5.56 Å². The maximum absolute atomic E-state index is 15.0. The molecule has 0 aliphatic carbocycles. The van der Waals surface area contributed by atoms with Crippen LogP contribution in [0.15, 0.2) is 48.1 Å². The summed E-state index contributed by atoms with van der Waals surface area (Å²) in [5, 5.41) is 3.81. The number of aromatic amines is 1. The lowest BCUT2D eigenvalue weighted by molar-refractivity contribution is -0.120. The first-order chi connectivity index (χ1) is 14.4. The van der Waals surface area contributed by atoms with E-state index in [1.165, 1.54) is 17.7 Å². The van der Waals surface area contributed by atoms with Gasteiger partial charge in [0.2, 0.25) is 0 Å². The molecule has 6 nitrogen and oxygen atoms in total. The Hall–Kier alpha value is -3.30. The van der Waals surface area contributed by atoms with E-state index < -0.39 is 35.2 Å². The molecule has 1 unspecified atom stereocenters. The van der Waals surface area contributed by atoms with Crippen LogP contribution in [0.4, 0.5) is 19.3 Å². The number of nitrogens with one attached hydrogen (secondary N) is 2. The molecule has 5 rings (SSSR count). The van der Waals surface area contributed by atoms with E-state index in [0.717, 1.165) is 17.0 Å². The molecule has 1 aliphatic rings. The molecule has 10 heteroatoms. The Morgan fingerprint density at radius 3 is 2.53 bits per heavy atom. The second-order valence-corrected chi connectivity index (χ2v) is 8.21. The molecular weight excluding hydrogens is 434 g/mol. The second kappa shape index (κ2) is 6.89. The SMILES string of the molecule is O=C1NC(=O)N(c2ccc3nc[nH]c3c2)C1c1c(F)cc(-c2csc(Cl)c2)cc1F. The van der Waals surface area contributed by atoms with Crippen LogP contribution in [0.25, 0.3) is 22.2 Å².